The van der Waals surface area contributed by atoms with Crippen LogP contribution in [0.2, 0.25) is 0 Å². The lowest BCUT2D eigenvalue weighted by molar-refractivity contribution is 0.252. The number of benzene rings is 1. The number of urea groups is 1. The smallest absolute Gasteiger partial charge is 0.319 e. The van der Waals surface area contributed by atoms with E-state index in [2.05, 4.69) is 36.7 Å². The highest BCUT2D eigenvalue weighted by Crippen LogP contribution is 2.09. The van der Waals surface area contributed by atoms with Gasteiger partial charge in [-0.2, -0.15) is 0 Å². The minimum atomic E-state index is -0.137. The fourth-order valence-corrected chi connectivity index (χ4v) is 1.58. The second kappa shape index (κ2) is 8.53. The maximum absolute atomic E-state index is 11.6. The molecule has 2 amide bonds. The molecule has 0 aliphatic carbocycles. The third kappa shape index (κ3) is 6.82. The number of carbonyl (C=O) groups is 1. The Bertz CT molecular complexity index is 373. The van der Waals surface area contributed by atoms with Gasteiger partial charge in [0.2, 0.25) is 0 Å². The van der Waals surface area contributed by atoms with Crippen molar-refractivity contribution in [2.24, 2.45) is 0 Å². The van der Waals surface area contributed by atoms with Gasteiger partial charge in [0, 0.05) is 24.8 Å². The Morgan fingerprint density at radius 3 is 2.47 bits per heavy atom. The summed E-state index contributed by atoms with van der Waals surface area (Å²) in [5.41, 5.74) is 2.04. The van der Waals surface area contributed by atoms with Crippen LogP contribution in [0.3, 0.4) is 0 Å². The van der Waals surface area contributed by atoms with Gasteiger partial charge < -0.3 is 16.0 Å². The van der Waals surface area contributed by atoms with Gasteiger partial charge in [-0.25, -0.2) is 4.79 Å². The van der Waals surface area contributed by atoms with Gasteiger partial charge in [-0.1, -0.05) is 39.3 Å². The van der Waals surface area contributed by atoms with Crippen LogP contribution < -0.4 is 16.0 Å². The summed E-state index contributed by atoms with van der Waals surface area (Å²) in [4.78, 5) is 11.6. The Balaban J connectivity index is 2.37. The largest absolute Gasteiger partial charge is 0.338 e. The minimum absolute atomic E-state index is 0.137. The second-order valence-corrected chi connectivity index (χ2v) is 4.97. The molecule has 0 aliphatic heterocycles. The van der Waals surface area contributed by atoms with Gasteiger partial charge in [-0.05, 0) is 24.1 Å². The summed E-state index contributed by atoms with van der Waals surface area (Å²) in [6, 6.07) is 8.24. The molecule has 4 nitrogen and oxygen atoms in total. The second-order valence-electron chi connectivity index (χ2n) is 4.97. The minimum Gasteiger partial charge on any atom is -0.338 e. The lowest BCUT2D eigenvalue weighted by atomic mass is 10.2. The molecule has 1 rings (SSSR count). The molecule has 0 bridgehead atoms. The van der Waals surface area contributed by atoms with Crippen molar-refractivity contribution in [3.05, 3.63) is 29.8 Å². The van der Waals surface area contributed by atoms with E-state index in [1.54, 1.807) is 0 Å². The van der Waals surface area contributed by atoms with Crippen LogP contribution in [0.4, 0.5) is 10.5 Å². The number of unbranched alkanes of at least 4 members (excludes halogenated alkanes) is 1. The quantitative estimate of drug-likeness (QED) is 0.662. The topological polar surface area (TPSA) is 53.2 Å². The first kappa shape index (κ1) is 15.5. The van der Waals surface area contributed by atoms with Crippen LogP contribution >= 0.6 is 0 Å². The number of rotatable bonds is 7. The predicted molar refractivity (Wildman–Crippen MR) is 80.3 cm³/mol. The number of anilines is 1. The summed E-state index contributed by atoms with van der Waals surface area (Å²) in [5, 5.41) is 9.00. The maximum atomic E-state index is 11.6. The lowest BCUT2D eigenvalue weighted by Crippen LogP contribution is -2.29. The highest BCUT2D eigenvalue weighted by molar-refractivity contribution is 5.89. The van der Waals surface area contributed by atoms with E-state index >= 15 is 0 Å². The van der Waals surface area contributed by atoms with Gasteiger partial charge in [0.15, 0.2) is 0 Å². The van der Waals surface area contributed by atoms with E-state index in [-0.39, 0.29) is 6.03 Å². The fraction of sp³-hybridized carbons (Fsp3) is 0.533. The van der Waals surface area contributed by atoms with Gasteiger partial charge in [0.25, 0.3) is 0 Å². The van der Waals surface area contributed by atoms with Gasteiger partial charge in [-0.15, -0.1) is 0 Å². The van der Waals surface area contributed by atoms with E-state index in [0.717, 1.165) is 31.6 Å². The molecule has 0 saturated carbocycles. The summed E-state index contributed by atoms with van der Waals surface area (Å²) in [6.45, 7) is 7.91. The van der Waals surface area contributed by atoms with Crippen LogP contribution in [-0.2, 0) is 6.54 Å². The summed E-state index contributed by atoms with van der Waals surface area (Å²) >= 11 is 0. The van der Waals surface area contributed by atoms with Gasteiger partial charge in [0.1, 0.15) is 0 Å². The fourth-order valence-electron chi connectivity index (χ4n) is 1.58. The molecule has 4 heteroatoms. The van der Waals surface area contributed by atoms with E-state index < -0.39 is 0 Å². The average molecular weight is 263 g/mol. The van der Waals surface area contributed by atoms with Crippen molar-refractivity contribution < 1.29 is 4.79 Å². The Morgan fingerprint density at radius 1 is 1.21 bits per heavy atom. The molecular formula is C15H25N3O. The maximum Gasteiger partial charge on any atom is 0.319 e. The summed E-state index contributed by atoms with van der Waals surface area (Å²) in [7, 11) is 0. The first-order valence-electron chi connectivity index (χ1n) is 6.99. The number of hydrogen-bond acceptors (Lipinski definition) is 2. The molecule has 0 saturated heterocycles. The van der Waals surface area contributed by atoms with Crippen molar-refractivity contribution in [3.63, 3.8) is 0 Å². The molecule has 0 atom stereocenters. The van der Waals surface area contributed by atoms with Crippen molar-refractivity contribution in [3.8, 4) is 0 Å². The zero-order valence-electron chi connectivity index (χ0n) is 12.1. The van der Waals surface area contributed by atoms with Crippen molar-refractivity contribution in [2.45, 2.75) is 46.2 Å². The Hall–Kier alpha value is -1.55. The summed E-state index contributed by atoms with van der Waals surface area (Å²) in [6.07, 6.45) is 2.09. The SMILES string of the molecule is CCCCNC(=O)Nc1ccc(CNC(C)C)cc1. The number of amides is 2. The Kier molecular flexibility index (Phi) is 6.97. The predicted octanol–water partition coefficient (Wildman–Crippen LogP) is 3.11. The van der Waals surface area contributed by atoms with Crippen LogP contribution in [0.5, 0.6) is 0 Å². The average Bonchev–Trinajstić information content (AvgIpc) is 2.38. The zero-order chi connectivity index (χ0) is 14.1. The number of carbonyl (C=O) groups excluding carboxylic acids is 1. The number of nitrogens with one attached hydrogen (secondary N) is 3. The van der Waals surface area contributed by atoms with Crippen molar-refractivity contribution >= 4 is 11.7 Å². The van der Waals surface area contributed by atoms with Crippen molar-refractivity contribution in [1.29, 1.82) is 0 Å². The van der Waals surface area contributed by atoms with Crippen LogP contribution in [0, 0.1) is 0 Å². The molecule has 0 spiro atoms. The third-order valence-corrected chi connectivity index (χ3v) is 2.74. The molecule has 3 N–H and O–H groups in total. The first-order valence-corrected chi connectivity index (χ1v) is 6.99. The normalized spacial score (nSPS) is 10.5. The first-order chi connectivity index (χ1) is 9.11. The highest BCUT2D eigenvalue weighted by atomic mass is 16.2. The molecule has 106 valence electrons. The third-order valence-electron chi connectivity index (χ3n) is 2.74. The van der Waals surface area contributed by atoms with E-state index in [9.17, 15) is 4.79 Å². The standard InChI is InChI=1S/C15H25N3O/c1-4-5-10-16-15(19)18-14-8-6-13(7-9-14)11-17-12(2)3/h6-9,12,17H,4-5,10-11H2,1-3H3,(H2,16,18,19). The molecule has 19 heavy (non-hydrogen) atoms. The van der Waals surface area contributed by atoms with Crippen molar-refractivity contribution in [2.75, 3.05) is 11.9 Å². The molecule has 1 aromatic carbocycles. The molecule has 0 radical (unpaired) electrons. The van der Waals surface area contributed by atoms with E-state index in [0.29, 0.717) is 6.04 Å². The highest BCUT2D eigenvalue weighted by Gasteiger charge is 2.01. The zero-order valence-corrected chi connectivity index (χ0v) is 12.1. The van der Waals surface area contributed by atoms with E-state index in [1.165, 1.54) is 5.56 Å². The molecular weight excluding hydrogens is 238 g/mol. The molecule has 0 heterocycles. The Morgan fingerprint density at radius 2 is 1.89 bits per heavy atom. The monoisotopic (exact) mass is 263 g/mol. The van der Waals surface area contributed by atoms with Gasteiger partial charge >= 0.3 is 6.03 Å². The molecule has 0 aliphatic rings. The van der Waals surface area contributed by atoms with Crippen LogP contribution in [-0.4, -0.2) is 18.6 Å². The molecule has 0 aromatic heterocycles. The van der Waals surface area contributed by atoms with Crippen LogP contribution in [0.25, 0.3) is 0 Å². The molecule has 0 fully saturated rings. The van der Waals surface area contributed by atoms with Gasteiger partial charge in [0.05, 0.1) is 0 Å². The van der Waals surface area contributed by atoms with E-state index in [4.69, 9.17) is 0 Å². The summed E-state index contributed by atoms with van der Waals surface area (Å²) in [5.74, 6) is 0. The molecule has 0 unspecified atom stereocenters. The van der Waals surface area contributed by atoms with Gasteiger partial charge in [-0.3, -0.25) is 0 Å². The van der Waals surface area contributed by atoms with Crippen LogP contribution in [0.15, 0.2) is 24.3 Å². The van der Waals surface area contributed by atoms with E-state index in [1.807, 2.05) is 24.3 Å². The van der Waals surface area contributed by atoms with Crippen molar-refractivity contribution in [1.82, 2.24) is 10.6 Å². The summed E-state index contributed by atoms with van der Waals surface area (Å²) < 4.78 is 0. The Labute approximate surface area is 116 Å². The number of hydrogen-bond donors (Lipinski definition) is 3. The molecule has 1 aromatic rings. The lowest BCUT2D eigenvalue weighted by Gasteiger charge is -2.10. The van der Waals surface area contributed by atoms with Crippen LogP contribution in [0.1, 0.15) is 39.2 Å².